The van der Waals surface area contributed by atoms with Gasteiger partial charge in [-0.3, -0.25) is 4.79 Å². The summed E-state index contributed by atoms with van der Waals surface area (Å²) in [7, 11) is 0. The van der Waals surface area contributed by atoms with Gasteiger partial charge in [-0.05, 0) is 48.9 Å². The van der Waals surface area contributed by atoms with Gasteiger partial charge in [-0.2, -0.15) is 13.2 Å². The predicted molar refractivity (Wildman–Crippen MR) is 132 cm³/mol. The highest BCUT2D eigenvalue weighted by Crippen LogP contribution is 2.30. The molecule has 4 rings (SSSR count). The van der Waals surface area contributed by atoms with Crippen molar-refractivity contribution in [2.24, 2.45) is 0 Å². The van der Waals surface area contributed by atoms with Crippen LogP contribution in [0.5, 0.6) is 5.75 Å². The maximum atomic E-state index is 13.4. The van der Waals surface area contributed by atoms with E-state index in [-0.39, 0.29) is 30.2 Å². The molecule has 196 valence electrons. The first kappa shape index (κ1) is 26.4. The molecule has 38 heavy (non-hydrogen) atoms. The van der Waals surface area contributed by atoms with Crippen molar-refractivity contribution in [2.45, 2.75) is 25.7 Å². The Kier molecular flexibility index (Phi) is 7.75. The summed E-state index contributed by atoms with van der Waals surface area (Å²) in [4.78, 5) is 24.5. The molecule has 1 amide bonds. The number of carbonyl (C=O) groups is 2. The summed E-state index contributed by atoms with van der Waals surface area (Å²) in [5.74, 6) is -1.27. The lowest BCUT2D eigenvalue weighted by Crippen LogP contribution is -2.30. The van der Waals surface area contributed by atoms with E-state index >= 15 is 0 Å². The molecule has 0 radical (unpaired) electrons. The van der Waals surface area contributed by atoms with E-state index in [9.17, 15) is 22.8 Å². The summed E-state index contributed by atoms with van der Waals surface area (Å²) in [6.45, 7) is 1.89. The molecule has 0 saturated heterocycles. The van der Waals surface area contributed by atoms with Crippen molar-refractivity contribution in [1.29, 1.82) is 0 Å². The molecule has 0 aliphatic carbocycles. The zero-order chi connectivity index (χ0) is 27.3. The highest BCUT2D eigenvalue weighted by atomic mass is 19.4. The molecule has 3 aromatic carbocycles. The van der Waals surface area contributed by atoms with Gasteiger partial charge in [0.25, 0.3) is 5.91 Å². The Morgan fingerprint density at radius 1 is 1.00 bits per heavy atom. The van der Waals surface area contributed by atoms with Gasteiger partial charge in [0, 0.05) is 5.56 Å². The normalized spacial score (nSPS) is 12.1. The van der Waals surface area contributed by atoms with Crippen LogP contribution in [0.1, 0.15) is 44.9 Å². The molecule has 2 N–H and O–H groups in total. The zero-order valence-corrected chi connectivity index (χ0v) is 20.1. The highest BCUT2D eigenvalue weighted by Gasteiger charge is 2.30. The maximum absolute atomic E-state index is 13.4. The van der Waals surface area contributed by atoms with Gasteiger partial charge in [0.05, 0.1) is 23.7 Å². The number of ether oxygens (including phenoxy) is 1. The molecular weight excluding hydrogens is 501 g/mol. The number of hydrogen-bond acceptors (Lipinski definition) is 5. The number of carboxylic acid groups (broad SMARTS) is 1. The largest absolute Gasteiger partial charge is 0.492 e. The predicted octanol–water partition coefficient (Wildman–Crippen LogP) is 5.23. The van der Waals surface area contributed by atoms with Gasteiger partial charge in [-0.25, -0.2) is 9.48 Å². The summed E-state index contributed by atoms with van der Waals surface area (Å²) >= 11 is 0. The number of benzene rings is 3. The summed E-state index contributed by atoms with van der Waals surface area (Å²) in [6.07, 6.45) is -4.44. The van der Waals surface area contributed by atoms with E-state index in [0.29, 0.717) is 16.8 Å². The number of carbonyl (C=O) groups excluding carboxylic acids is 1. The first-order valence-electron chi connectivity index (χ1n) is 11.6. The number of aromatic nitrogens is 3. The average Bonchev–Trinajstić information content (AvgIpc) is 3.33. The third-order valence-corrected chi connectivity index (χ3v) is 5.76. The van der Waals surface area contributed by atoms with E-state index in [1.54, 1.807) is 43.3 Å². The summed E-state index contributed by atoms with van der Waals surface area (Å²) in [6, 6.07) is 19.0. The van der Waals surface area contributed by atoms with Crippen molar-refractivity contribution >= 4 is 11.9 Å². The van der Waals surface area contributed by atoms with Gasteiger partial charge < -0.3 is 15.2 Å². The van der Waals surface area contributed by atoms with Gasteiger partial charge in [0.1, 0.15) is 18.1 Å². The monoisotopic (exact) mass is 524 g/mol. The van der Waals surface area contributed by atoms with Crippen molar-refractivity contribution in [3.8, 4) is 17.0 Å². The van der Waals surface area contributed by atoms with Crippen molar-refractivity contribution in [1.82, 2.24) is 20.3 Å². The molecule has 0 fully saturated rings. The second-order valence-electron chi connectivity index (χ2n) is 8.37. The molecule has 1 heterocycles. The molecule has 1 atom stereocenters. The minimum Gasteiger partial charge on any atom is -0.492 e. The minimum atomic E-state index is -4.44. The fourth-order valence-corrected chi connectivity index (χ4v) is 3.74. The van der Waals surface area contributed by atoms with Crippen LogP contribution in [0, 0.1) is 0 Å². The van der Waals surface area contributed by atoms with Crippen LogP contribution in [-0.4, -0.2) is 38.6 Å². The molecule has 0 spiro atoms. The fraction of sp³-hybridized carbons (Fsp3) is 0.185. The lowest BCUT2D eigenvalue weighted by atomic mass is 10.1. The Hall–Kier alpha value is -4.67. The van der Waals surface area contributed by atoms with Crippen LogP contribution in [0.4, 0.5) is 13.2 Å². The van der Waals surface area contributed by atoms with Crippen LogP contribution in [0.2, 0.25) is 0 Å². The van der Waals surface area contributed by atoms with Crippen molar-refractivity contribution in [2.75, 3.05) is 6.61 Å². The number of rotatable bonds is 9. The van der Waals surface area contributed by atoms with E-state index in [0.717, 1.165) is 12.1 Å². The van der Waals surface area contributed by atoms with Crippen LogP contribution in [0.15, 0.2) is 78.9 Å². The fourth-order valence-electron chi connectivity index (χ4n) is 3.74. The van der Waals surface area contributed by atoms with E-state index in [1.165, 1.54) is 28.9 Å². The molecule has 0 aliphatic rings. The summed E-state index contributed by atoms with van der Waals surface area (Å²) < 4.78 is 45.3. The van der Waals surface area contributed by atoms with E-state index in [4.69, 9.17) is 9.84 Å². The third kappa shape index (κ3) is 6.17. The number of halogens is 3. The number of nitrogens with one attached hydrogen (secondary N) is 1. The molecule has 0 unspecified atom stereocenters. The second-order valence-corrected chi connectivity index (χ2v) is 8.37. The number of aromatic carboxylic acids is 1. The van der Waals surface area contributed by atoms with Crippen LogP contribution < -0.4 is 10.1 Å². The first-order chi connectivity index (χ1) is 18.1. The van der Waals surface area contributed by atoms with Crippen LogP contribution in [0.25, 0.3) is 11.3 Å². The van der Waals surface area contributed by atoms with Crippen molar-refractivity contribution in [3.63, 3.8) is 0 Å². The quantitative estimate of drug-likeness (QED) is 0.311. The first-order valence-corrected chi connectivity index (χ1v) is 11.6. The van der Waals surface area contributed by atoms with Gasteiger partial charge >= 0.3 is 12.1 Å². The van der Waals surface area contributed by atoms with E-state index in [1.807, 2.05) is 6.07 Å². The molecular formula is C27H23F3N4O4. The smallest absolute Gasteiger partial charge is 0.416 e. The Bertz CT molecular complexity index is 1400. The Balaban J connectivity index is 1.52. The number of hydrogen-bond donors (Lipinski definition) is 2. The SMILES string of the molecule is C[C@H](NC(=O)c1c(-c2ccccc2)nnn1CCOc1ccc(C(F)(F)F)cc1)c1ccc(C(=O)O)cc1. The van der Waals surface area contributed by atoms with Crippen LogP contribution >= 0.6 is 0 Å². The third-order valence-electron chi connectivity index (χ3n) is 5.76. The van der Waals surface area contributed by atoms with Gasteiger partial charge in [-0.15, -0.1) is 5.10 Å². The number of amides is 1. The van der Waals surface area contributed by atoms with Crippen molar-refractivity contribution in [3.05, 3.63) is 101 Å². The maximum Gasteiger partial charge on any atom is 0.416 e. The summed E-state index contributed by atoms with van der Waals surface area (Å²) in [5, 5.41) is 20.3. The Morgan fingerprint density at radius 2 is 1.66 bits per heavy atom. The molecule has 0 bridgehead atoms. The molecule has 0 saturated carbocycles. The Morgan fingerprint density at radius 3 is 2.26 bits per heavy atom. The lowest BCUT2D eigenvalue weighted by Gasteiger charge is -2.16. The van der Waals surface area contributed by atoms with Crippen LogP contribution in [-0.2, 0) is 12.7 Å². The standard InChI is InChI=1S/C27H23F3N4O4/c1-17(18-7-9-20(10-8-18)26(36)37)31-25(35)24-23(19-5-3-2-4-6-19)32-33-34(24)15-16-38-22-13-11-21(12-14-22)27(28,29)30/h2-14,17H,15-16H2,1H3,(H,31,35)(H,36,37)/t17-/m0/s1. The number of alkyl halides is 3. The van der Waals surface area contributed by atoms with E-state index in [2.05, 4.69) is 15.6 Å². The Labute approximate surface area is 215 Å². The number of carboxylic acids is 1. The number of nitrogens with zero attached hydrogens (tertiary/aromatic N) is 3. The second kappa shape index (κ2) is 11.2. The summed E-state index contributed by atoms with van der Waals surface area (Å²) in [5.41, 5.74) is 1.26. The molecule has 1 aromatic heterocycles. The van der Waals surface area contributed by atoms with Gasteiger partial charge in [0.2, 0.25) is 0 Å². The zero-order valence-electron chi connectivity index (χ0n) is 20.1. The minimum absolute atomic E-state index is 0.0233. The average molecular weight is 524 g/mol. The molecule has 11 heteroatoms. The lowest BCUT2D eigenvalue weighted by molar-refractivity contribution is -0.137. The van der Waals surface area contributed by atoms with Crippen molar-refractivity contribution < 1.29 is 32.6 Å². The molecule has 8 nitrogen and oxygen atoms in total. The highest BCUT2D eigenvalue weighted by molar-refractivity contribution is 5.98. The van der Waals surface area contributed by atoms with Crippen LogP contribution in [0.3, 0.4) is 0 Å². The van der Waals surface area contributed by atoms with E-state index < -0.39 is 29.7 Å². The molecule has 0 aliphatic heterocycles. The van der Waals surface area contributed by atoms with Gasteiger partial charge in [-0.1, -0.05) is 47.7 Å². The van der Waals surface area contributed by atoms with Gasteiger partial charge in [0.15, 0.2) is 5.69 Å². The topological polar surface area (TPSA) is 106 Å². The molecule has 4 aromatic rings.